The Labute approximate surface area is 118 Å². The van der Waals surface area contributed by atoms with E-state index >= 15 is 0 Å². The van der Waals surface area contributed by atoms with Crippen LogP contribution in [0.25, 0.3) is 0 Å². The molecule has 0 unspecified atom stereocenters. The smallest absolute Gasteiger partial charge is 0.273 e. The minimum atomic E-state index is -0.460. The standard InChI is InChI=1S/C14H20N2O4/c1-9(2)7-13(17)15-16-14(18)11-8-10(19-3)5-6-12(11)20-4/h5-6,8-9H,7H2,1-4H3,(H,15,17)(H,16,18). The molecule has 110 valence electrons. The predicted octanol–water partition coefficient (Wildman–Crippen LogP) is 1.51. The molecule has 0 aromatic heterocycles. The summed E-state index contributed by atoms with van der Waals surface area (Å²) in [6.45, 7) is 3.85. The van der Waals surface area contributed by atoms with Gasteiger partial charge in [0.05, 0.1) is 19.8 Å². The number of hydrogen-bond donors (Lipinski definition) is 2. The Bertz CT molecular complexity index is 486. The number of benzene rings is 1. The van der Waals surface area contributed by atoms with Crippen molar-refractivity contribution in [1.82, 2.24) is 10.9 Å². The number of ether oxygens (including phenoxy) is 2. The van der Waals surface area contributed by atoms with Gasteiger partial charge < -0.3 is 9.47 Å². The second-order valence-corrected chi connectivity index (χ2v) is 4.67. The van der Waals surface area contributed by atoms with Crippen molar-refractivity contribution in [3.8, 4) is 11.5 Å². The summed E-state index contributed by atoms with van der Waals surface area (Å²) in [5.41, 5.74) is 5.01. The first-order chi connectivity index (χ1) is 9.47. The zero-order valence-electron chi connectivity index (χ0n) is 12.1. The highest BCUT2D eigenvalue weighted by atomic mass is 16.5. The lowest BCUT2D eigenvalue weighted by atomic mass is 10.1. The molecule has 0 saturated carbocycles. The molecule has 0 radical (unpaired) electrons. The molecule has 0 heterocycles. The second kappa shape index (κ2) is 7.37. The van der Waals surface area contributed by atoms with Crippen molar-refractivity contribution in [2.75, 3.05) is 14.2 Å². The van der Waals surface area contributed by atoms with Crippen LogP contribution in [-0.4, -0.2) is 26.0 Å². The molecule has 0 spiro atoms. The molecule has 1 aromatic carbocycles. The summed E-state index contributed by atoms with van der Waals surface area (Å²) >= 11 is 0. The molecule has 0 bridgehead atoms. The molecule has 0 aliphatic carbocycles. The summed E-state index contributed by atoms with van der Waals surface area (Å²) in [6.07, 6.45) is 0.343. The highest BCUT2D eigenvalue weighted by Gasteiger charge is 2.14. The Hall–Kier alpha value is -2.24. The van der Waals surface area contributed by atoms with Crippen LogP contribution in [0.2, 0.25) is 0 Å². The van der Waals surface area contributed by atoms with E-state index in [0.717, 1.165) is 0 Å². The Morgan fingerprint density at radius 1 is 1.15 bits per heavy atom. The number of methoxy groups -OCH3 is 2. The Morgan fingerprint density at radius 3 is 2.40 bits per heavy atom. The molecule has 1 rings (SSSR count). The summed E-state index contributed by atoms with van der Waals surface area (Å²) in [5, 5.41) is 0. The minimum absolute atomic E-state index is 0.221. The van der Waals surface area contributed by atoms with Crippen LogP contribution in [0.5, 0.6) is 11.5 Å². The predicted molar refractivity (Wildman–Crippen MR) is 74.6 cm³/mol. The molecule has 2 amide bonds. The van der Waals surface area contributed by atoms with Crippen molar-refractivity contribution in [2.24, 2.45) is 5.92 Å². The lowest BCUT2D eigenvalue weighted by Gasteiger charge is -2.12. The highest BCUT2D eigenvalue weighted by molar-refractivity contribution is 5.98. The molecule has 20 heavy (non-hydrogen) atoms. The summed E-state index contributed by atoms with van der Waals surface area (Å²) in [5.74, 6) is 0.456. The summed E-state index contributed by atoms with van der Waals surface area (Å²) in [7, 11) is 2.98. The van der Waals surface area contributed by atoms with E-state index in [4.69, 9.17) is 9.47 Å². The van der Waals surface area contributed by atoms with Crippen LogP contribution in [-0.2, 0) is 4.79 Å². The van der Waals surface area contributed by atoms with Crippen LogP contribution in [0.15, 0.2) is 18.2 Å². The quantitative estimate of drug-likeness (QED) is 0.802. The number of hydrazine groups is 1. The third-order valence-corrected chi connectivity index (χ3v) is 2.56. The van der Waals surface area contributed by atoms with Gasteiger partial charge in [0.15, 0.2) is 0 Å². The minimum Gasteiger partial charge on any atom is -0.497 e. The van der Waals surface area contributed by atoms with Gasteiger partial charge in [-0.3, -0.25) is 20.4 Å². The molecule has 2 N–H and O–H groups in total. The Morgan fingerprint density at radius 2 is 1.85 bits per heavy atom. The van der Waals surface area contributed by atoms with Crippen molar-refractivity contribution < 1.29 is 19.1 Å². The third-order valence-electron chi connectivity index (χ3n) is 2.56. The maximum absolute atomic E-state index is 12.0. The maximum Gasteiger partial charge on any atom is 0.273 e. The van der Waals surface area contributed by atoms with Crippen LogP contribution in [0.1, 0.15) is 30.6 Å². The van der Waals surface area contributed by atoms with Crippen molar-refractivity contribution in [1.29, 1.82) is 0 Å². The molecule has 0 aliphatic heterocycles. The highest BCUT2D eigenvalue weighted by Crippen LogP contribution is 2.23. The molecule has 6 heteroatoms. The first kappa shape index (κ1) is 15.8. The fourth-order valence-electron chi connectivity index (χ4n) is 1.61. The van der Waals surface area contributed by atoms with Gasteiger partial charge in [-0.2, -0.15) is 0 Å². The SMILES string of the molecule is COc1ccc(OC)c(C(=O)NNC(=O)CC(C)C)c1. The summed E-state index contributed by atoms with van der Waals surface area (Å²) < 4.78 is 10.2. The van der Waals surface area contributed by atoms with E-state index in [1.165, 1.54) is 14.2 Å². The average Bonchev–Trinajstić information content (AvgIpc) is 2.43. The topological polar surface area (TPSA) is 76.7 Å². The van der Waals surface area contributed by atoms with Crippen LogP contribution < -0.4 is 20.3 Å². The van der Waals surface area contributed by atoms with E-state index in [0.29, 0.717) is 17.9 Å². The lowest BCUT2D eigenvalue weighted by Crippen LogP contribution is -2.42. The summed E-state index contributed by atoms with van der Waals surface area (Å²) in [6, 6.07) is 4.86. The van der Waals surface area contributed by atoms with E-state index in [1.807, 2.05) is 13.8 Å². The van der Waals surface area contributed by atoms with Crippen LogP contribution in [0.3, 0.4) is 0 Å². The van der Waals surface area contributed by atoms with E-state index < -0.39 is 5.91 Å². The zero-order valence-corrected chi connectivity index (χ0v) is 12.1. The van der Waals surface area contributed by atoms with Crippen molar-refractivity contribution in [3.63, 3.8) is 0 Å². The van der Waals surface area contributed by atoms with Gasteiger partial charge in [-0.25, -0.2) is 0 Å². The van der Waals surface area contributed by atoms with Gasteiger partial charge in [0.1, 0.15) is 11.5 Å². The van der Waals surface area contributed by atoms with E-state index in [2.05, 4.69) is 10.9 Å². The van der Waals surface area contributed by atoms with Crippen LogP contribution in [0.4, 0.5) is 0 Å². The average molecular weight is 280 g/mol. The number of carbonyl (C=O) groups is 2. The van der Waals surface area contributed by atoms with Crippen LogP contribution >= 0.6 is 0 Å². The van der Waals surface area contributed by atoms with Crippen molar-refractivity contribution >= 4 is 11.8 Å². The monoisotopic (exact) mass is 280 g/mol. The number of rotatable bonds is 5. The van der Waals surface area contributed by atoms with E-state index in [-0.39, 0.29) is 17.4 Å². The molecule has 0 saturated heterocycles. The van der Waals surface area contributed by atoms with Gasteiger partial charge in [-0.1, -0.05) is 13.8 Å². The first-order valence-electron chi connectivity index (χ1n) is 6.29. The van der Waals surface area contributed by atoms with Crippen molar-refractivity contribution in [3.05, 3.63) is 23.8 Å². The molecular formula is C14H20N2O4. The van der Waals surface area contributed by atoms with Crippen LogP contribution in [0, 0.1) is 5.92 Å². The van der Waals surface area contributed by atoms with Gasteiger partial charge in [0.2, 0.25) is 5.91 Å². The normalized spacial score (nSPS) is 10.1. The zero-order chi connectivity index (χ0) is 15.1. The van der Waals surface area contributed by atoms with E-state index in [9.17, 15) is 9.59 Å². The fourth-order valence-corrected chi connectivity index (χ4v) is 1.61. The van der Waals surface area contributed by atoms with Gasteiger partial charge in [0.25, 0.3) is 5.91 Å². The number of hydrogen-bond acceptors (Lipinski definition) is 4. The number of nitrogens with one attached hydrogen (secondary N) is 2. The van der Waals surface area contributed by atoms with Gasteiger partial charge in [-0.05, 0) is 24.1 Å². The molecular weight excluding hydrogens is 260 g/mol. The molecule has 0 fully saturated rings. The number of amides is 2. The summed E-state index contributed by atoms with van der Waals surface area (Å²) in [4.78, 5) is 23.5. The number of carbonyl (C=O) groups excluding carboxylic acids is 2. The first-order valence-corrected chi connectivity index (χ1v) is 6.29. The molecule has 0 atom stereocenters. The lowest BCUT2D eigenvalue weighted by molar-refractivity contribution is -0.122. The van der Waals surface area contributed by atoms with Gasteiger partial charge >= 0.3 is 0 Å². The molecule has 1 aromatic rings. The Balaban J connectivity index is 2.73. The Kier molecular flexibility index (Phi) is 5.83. The van der Waals surface area contributed by atoms with Gasteiger partial charge in [-0.15, -0.1) is 0 Å². The molecule has 6 nitrogen and oxygen atoms in total. The molecule has 0 aliphatic rings. The van der Waals surface area contributed by atoms with Crippen molar-refractivity contribution in [2.45, 2.75) is 20.3 Å². The largest absolute Gasteiger partial charge is 0.497 e. The second-order valence-electron chi connectivity index (χ2n) is 4.67. The third kappa shape index (κ3) is 4.46. The fraction of sp³-hybridized carbons (Fsp3) is 0.429. The van der Waals surface area contributed by atoms with E-state index in [1.54, 1.807) is 18.2 Å². The maximum atomic E-state index is 12.0. The van der Waals surface area contributed by atoms with Gasteiger partial charge in [0, 0.05) is 6.42 Å².